The van der Waals surface area contributed by atoms with Crippen molar-refractivity contribution in [3.05, 3.63) is 57.3 Å². The summed E-state index contributed by atoms with van der Waals surface area (Å²) in [7, 11) is 0. The van der Waals surface area contributed by atoms with Crippen LogP contribution in [-0.2, 0) is 12.0 Å². The normalized spacial score (nSPS) is 22.3. The maximum absolute atomic E-state index is 13.8. The largest absolute Gasteiger partial charge is 0.477 e. The van der Waals surface area contributed by atoms with E-state index in [4.69, 9.17) is 14.8 Å². The van der Waals surface area contributed by atoms with Gasteiger partial charge in [-0.15, -0.1) is 0 Å². The van der Waals surface area contributed by atoms with E-state index in [-0.39, 0.29) is 27.1 Å². The Hall–Kier alpha value is -3.80. The van der Waals surface area contributed by atoms with Crippen molar-refractivity contribution in [2.75, 3.05) is 11.9 Å². The first-order valence-electron chi connectivity index (χ1n) is 13.2. The average Bonchev–Trinajstić information content (AvgIpc) is 3.59. The number of nitrogens with zero attached hydrogens (tertiary/aromatic N) is 4. The zero-order chi connectivity index (χ0) is 27.2. The quantitative estimate of drug-likeness (QED) is 0.257. The molecule has 7 rings (SSSR count). The molecule has 3 aliphatic rings. The molecule has 1 aromatic carbocycles. The van der Waals surface area contributed by atoms with E-state index in [0.717, 1.165) is 62.1 Å². The van der Waals surface area contributed by atoms with Crippen LogP contribution in [0.1, 0.15) is 67.4 Å². The maximum atomic E-state index is 13.8. The summed E-state index contributed by atoms with van der Waals surface area (Å²) in [5.41, 5.74) is 0.931. The van der Waals surface area contributed by atoms with Gasteiger partial charge < -0.3 is 20.1 Å². The number of aromatic nitrogens is 5. The van der Waals surface area contributed by atoms with Crippen LogP contribution in [0.25, 0.3) is 11.2 Å². The predicted molar refractivity (Wildman–Crippen MR) is 145 cm³/mol. The Morgan fingerprint density at radius 1 is 1.23 bits per heavy atom. The van der Waals surface area contributed by atoms with Crippen molar-refractivity contribution in [1.29, 1.82) is 0 Å². The summed E-state index contributed by atoms with van der Waals surface area (Å²) in [6, 6.07) is 6.06. The number of thiazole rings is 1. The van der Waals surface area contributed by atoms with Crippen molar-refractivity contribution in [2.45, 2.75) is 63.8 Å². The van der Waals surface area contributed by atoms with Crippen LogP contribution in [0.15, 0.2) is 35.3 Å². The number of carboxylic acids is 1. The van der Waals surface area contributed by atoms with E-state index in [0.29, 0.717) is 41.1 Å². The Morgan fingerprint density at radius 2 is 2.00 bits per heavy atom. The number of H-pyrrole nitrogens is 1. The minimum absolute atomic E-state index is 0.0248. The van der Waals surface area contributed by atoms with Crippen molar-refractivity contribution in [2.24, 2.45) is 5.41 Å². The molecule has 3 heterocycles. The van der Waals surface area contributed by atoms with Gasteiger partial charge in [0.2, 0.25) is 5.95 Å². The lowest BCUT2D eigenvalue weighted by Crippen LogP contribution is -2.47. The molecule has 0 spiro atoms. The standard InChI is InChI=1S/C27H29FN6O4S/c1-2-12-34-21(35)19-20(33-24(34)30-17-5-3-4-16(28)13-17)32-23(31-19)27-9-6-26(7-10-27,8-11-27)15-38-25-29-14-18(39-25)22(36)37/h3-5,13-14H,2,6-12,15H2,1H3,(H,30,33)(H,31,32)(H,36,37). The lowest BCUT2D eigenvalue weighted by molar-refractivity contribution is -0.00145. The molecule has 3 saturated carbocycles. The van der Waals surface area contributed by atoms with E-state index < -0.39 is 5.97 Å². The van der Waals surface area contributed by atoms with Gasteiger partial charge in [-0.1, -0.05) is 24.3 Å². The van der Waals surface area contributed by atoms with Crippen LogP contribution in [0.3, 0.4) is 0 Å². The molecule has 3 aliphatic carbocycles. The van der Waals surface area contributed by atoms with Gasteiger partial charge in [0.1, 0.15) is 16.5 Å². The van der Waals surface area contributed by atoms with Crippen LogP contribution in [-0.4, -0.2) is 42.2 Å². The number of aromatic carboxylic acids is 1. The molecule has 4 aromatic rings. The number of aromatic amines is 1. The summed E-state index contributed by atoms with van der Waals surface area (Å²) in [5.74, 6) is -0.237. The van der Waals surface area contributed by atoms with E-state index in [1.54, 1.807) is 16.7 Å². The Labute approximate surface area is 227 Å². The number of hydrogen-bond acceptors (Lipinski definition) is 8. The van der Waals surface area contributed by atoms with E-state index >= 15 is 0 Å². The molecule has 0 atom stereocenters. The summed E-state index contributed by atoms with van der Waals surface area (Å²) in [4.78, 5) is 41.7. The Balaban J connectivity index is 1.23. The fourth-order valence-electron chi connectivity index (χ4n) is 5.93. The first-order chi connectivity index (χ1) is 18.8. The second kappa shape index (κ2) is 9.74. The molecule has 0 aliphatic heterocycles. The highest BCUT2D eigenvalue weighted by atomic mass is 32.1. The molecule has 3 N–H and O–H groups in total. The number of carboxylic acid groups (broad SMARTS) is 1. The molecule has 10 nitrogen and oxygen atoms in total. The molecule has 0 radical (unpaired) electrons. The number of anilines is 2. The highest BCUT2D eigenvalue weighted by Crippen LogP contribution is 2.57. The Morgan fingerprint density at radius 3 is 2.67 bits per heavy atom. The highest BCUT2D eigenvalue weighted by Gasteiger charge is 2.51. The van der Waals surface area contributed by atoms with Crippen LogP contribution < -0.4 is 15.6 Å². The topological polar surface area (TPSA) is 135 Å². The van der Waals surface area contributed by atoms with Crippen LogP contribution >= 0.6 is 11.3 Å². The predicted octanol–water partition coefficient (Wildman–Crippen LogP) is 5.24. The molecule has 204 valence electrons. The molecule has 3 fully saturated rings. The zero-order valence-electron chi connectivity index (χ0n) is 21.5. The van der Waals surface area contributed by atoms with Crippen LogP contribution in [0.2, 0.25) is 0 Å². The minimum Gasteiger partial charge on any atom is -0.477 e. The number of benzene rings is 1. The van der Waals surface area contributed by atoms with Crippen molar-refractivity contribution < 1.29 is 19.0 Å². The van der Waals surface area contributed by atoms with Gasteiger partial charge in [-0.2, -0.15) is 4.98 Å². The monoisotopic (exact) mass is 552 g/mol. The first-order valence-corrected chi connectivity index (χ1v) is 14.0. The highest BCUT2D eigenvalue weighted by molar-refractivity contribution is 7.15. The lowest BCUT2D eigenvalue weighted by atomic mass is 9.53. The number of carbonyl (C=O) groups is 1. The number of fused-ring (bicyclic) bond motifs is 4. The number of ether oxygens (including phenoxy) is 1. The summed E-state index contributed by atoms with van der Waals surface area (Å²) in [5, 5.41) is 12.6. The Bertz CT molecular complexity index is 1590. The third-order valence-corrected chi connectivity index (χ3v) is 9.14. The maximum Gasteiger partial charge on any atom is 0.347 e. The van der Waals surface area contributed by atoms with Crippen molar-refractivity contribution >= 4 is 40.1 Å². The molecule has 0 amide bonds. The second-order valence-electron chi connectivity index (χ2n) is 10.7. The van der Waals surface area contributed by atoms with Gasteiger partial charge in [0.05, 0.1) is 12.8 Å². The molecular weight excluding hydrogens is 523 g/mol. The van der Waals surface area contributed by atoms with Gasteiger partial charge in [0.25, 0.3) is 10.8 Å². The van der Waals surface area contributed by atoms with Gasteiger partial charge >= 0.3 is 5.97 Å². The third-order valence-electron chi connectivity index (χ3n) is 8.24. The molecule has 2 bridgehead atoms. The van der Waals surface area contributed by atoms with Crippen molar-refractivity contribution in [1.82, 2.24) is 24.5 Å². The van der Waals surface area contributed by atoms with Crippen molar-refractivity contribution in [3.8, 4) is 5.19 Å². The molecule has 0 saturated heterocycles. The summed E-state index contributed by atoms with van der Waals surface area (Å²) < 4.78 is 21.3. The summed E-state index contributed by atoms with van der Waals surface area (Å²) >= 11 is 1.05. The van der Waals surface area contributed by atoms with Crippen molar-refractivity contribution in [3.63, 3.8) is 0 Å². The fraction of sp³-hybridized carbons (Fsp3) is 0.444. The molecule has 3 aromatic heterocycles. The summed E-state index contributed by atoms with van der Waals surface area (Å²) in [6.45, 7) is 2.96. The van der Waals surface area contributed by atoms with E-state index in [1.807, 2.05) is 6.92 Å². The lowest BCUT2D eigenvalue weighted by Gasteiger charge is -2.52. The number of rotatable bonds is 9. The smallest absolute Gasteiger partial charge is 0.347 e. The molecule has 39 heavy (non-hydrogen) atoms. The van der Waals surface area contributed by atoms with Gasteiger partial charge in [0, 0.05) is 23.1 Å². The molecular formula is C27H29FN6O4S. The summed E-state index contributed by atoms with van der Waals surface area (Å²) in [6.07, 6.45) is 7.63. The van der Waals surface area contributed by atoms with Crippen LogP contribution in [0.4, 0.5) is 16.0 Å². The van der Waals surface area contributed by atoms with Gasteiger partial charge in [-0.05, 0) is 63.1 Å². The van der Waals surface area contributed by atoms with E-state index in [1.165, 1.54) is 18.3 Å². The second-order valence-corrected chi connectivity index (χ2v) is 11.7. The number of imidazole rings is 1. The molecule has 0 unspecified atom stereocenters. The van der Waals surface area contributed by atoms with E-state index in [2.05, 4.69) is 20.3 Å². The van der Waals surface area contributed by atoms with Gasteiger partial charge in [0.15, 0.2) is 11.2 Å². The number of hydrogen-bond donors (Lipinski definition) is 3. The van der Waals surface area contributed by atoms with Gasteiger partial charge in [-0.25, -0.2) is 19.2 Å². The average molecular weight is 553 g/mol. The SMILES string of the molecule is CCCn1c(Nc2cccc(F)c2)nc2nc(C34CCC(COc5ncc(C(=O)O)s5)(CC3)CC4)[nH]c2c1=O. The Kier molecular flexibility index (Phi) is 6.37. The van der Waals surface area contributed by atoms with Crippen LogP contribution in [0.5, 0.6) is 5.19 Å². The molecule has 12 heteroatoms. The number of halogens is 1. The minimum atomic E-state index is -1.00. The fourth-order valence-corrected chi connectivity index (χ4v) is 6.54. The van der Waals surface area contributed by atoms with E-state index in [9.17, 15) is 14.0 Å². The third kappa shape index (κ3) is 4.66. The number of nitrogens with one attached hydrogen (secondary N) is 2. The van der Waals surface area contributed by atoms with Gasteiger partial charge in [-0.3, -0.25) is 9.36 Å². The zero-order valence-corrected chi connectivity index (χ0v) is 22.3. The first kappa shape index (κ1) is 25.5. The van der Waals surface area contributed by atoms with Crippen LogP contribution in [0, 0.1) is 11.2 Å².